The Morgan fingerprint density at radius 3 is 2.46 bits per heavy atom. The summed E-state index contributed by atoms with van der Waals surface area (Å²) in [7, 11) is 0. The van der Waals surface area contributed by atoms with Crippen molar-refractivity contribution in [2.45, 2.75) is 5.41 Å². The Morgan fingerprint density at radius 2 is 1.50 bits per heavy atom. The van der Waals surface area contributed by atoms with E-state index in [1.807, 2.05) is 36.8 Å². The summed E-state index contributed by atoms with van der Waals surface area (Å²) in [5.41, 5.74) is 9.24. The molecule has 2 aromatic heterocycles. The van der Waals surface area contributed by atoms with E-state index in [0.29, 0.717) is 0 Å². The Kier molecular flexibility index (Phi) is 2.63. The van der Waals surface area contributed by atoms with Gasteiger partial charge in [0.15, 0.2) is 0 Å². The zero-order valence-corrected chi connectivity index (χ0v) is 14.5. The molecule has 2 aliphatic carbocycles. The smallest absolute Gasteiger partial charge is 0.0753 e. The maximum atomic E-state index is 6.35. The summed E-state index contributed by atoms with van der Waals surface area (Å²) in [5, 5.41) is 0.735. The van der Waals surface area contributed by atoms with Crippen LogP contribution in [0.5, 0.6) is 0 Å². The van der Waals surface area contributed by atoms with Gasteiger partial charge in [-0.25, -0.2) is 0 Å². The molecule has 1 unspecified atom stereocenters. The third kappa shape index (κ3) is 1.50. The average molecular weight is 353 g/mol. The Morgan fingerprint density at radius 1 is 0.692 bits per heavy atom. The third-order valence-electron chi connectivity index (χ3n) is 5.70. The first-order chi connectivity index (χ1) is 12.8. The predicted molar refractivity (Wildman–Crippen MR) is 103 cm³/mol. The van der Waals surface area contributed by atoms with Gasteiger partial charge in [-0.3, -0.25) is 9.97 Å². The first-order valence-electron chi connectivity index (χ1n) is 8.62. The molecule has 122 valence electrons. The van der Waals surface area contributed by atoms with Crippen molar-refractivity contribution in [3.8, 4) is 22.4 Å². The van der Waals surface area contributed by atoms with E-state index in [9.17, 15) is 0 Å². The molecule has 1 spiro atoms. The number of hydrogen-bond acceptors (Lipinski definition) is 2. The van der Waals surface area contributed by atoms with Crippen LogP contribution in [0, 0.1) is 0 Å². The number of aromatic nitrogens is 2. The third-order valence-corrected chi connectivity index (χ3v) is 5.93. The fraction of sp³-hybridized carbons (Fsp3) is 0.0435. The summed E-state index contributed by atoms with van der Waals surface area (Å²) < 4.78 is 0. The van der Waals surface area contributed by atoms with Crippen molar-refractivity contribution >= 4 is 11.6 Å². The summed E-state index contributed by atoms with van der Waals surface area (Å²) in [6.07, 6.45) is 5.72. The molecule has 0 fully saturated rings. The van der Waals surface area contributed by atoms with Crippen LogP contribution in [-0.2, 0) is 5.41 Å². The van der Waals surface area contributed by atoms with Gasteiger partial charge in [-0.05, 0) is 52.1 Å². The summed E-state index contributed by atoms with van der Waals surface area (Å²) in [4.78, 5) is 9.13. The van der Waals surface area contributed by atoms with Crippen LogP contribution in [0.4, 0.5) is 0 Å². The van der Waals surface area contributed by atoms with Gasteiger partial charge in [-0.2, -0.15) is 0 Å². The van der Waals surface area contributed by atoms with Gasteiger partial charge in [-0.15, -0.1) is 0 Å². The van der Waals surface area contributed by atoms with Crippen molar-refractivity contribution < 1.29 is 0 Å². The quantitative estimate of drug-likeness (QED) is 0.362. The van der Waals surface area contributed by atoms with Crippen LogP contribution in [-0.4, -0.2) is 9.97 Å². The molecule has 2 aliphatic rings. The van der Waals surface area contributed by atoms with E-state index in [-0.39, 0.29) is 5.41 Å². The zero-order valence-electron chi connectivity index (χ0n) is 13.8. The zero-order chi connectivity index (χ0) is 17.3. The number of hydrogen-bond donors (Lipinski definition) is 0. The number of halogens is 1. The van der Waals surface area contributed by atoms with Gasteiger partial charge in [0.05, 0.1) is 11.1 Å². The number of fused-ring (bicyclic) bond motifs is 10. The minimum absolute atomic E-state index is 0.349. The van der Waals surface area contributed by atoms with Crippen LogP contribution >= 0.6 is 11.6 Å². The highest BCUT2D eigenvalue weighted by Crippen LogP contribution is 2.62. The molecule has 2 aromatic carbocycles. The molecule has 0 bridgehead atoms. The van der Waals surface area contributed by atoms with Crippen LogP contribution in [0.3, 0.4) is 0 Å². The lowest BCUT2D eigenvalue weighted by Gasteiger charge is -2.29. The molecule has 0 radical (unpaired) electrons. The highest BCUT2D eigenvalue weighted by atomic mass is 35.5. The van der Waals surface area contributed by atoms with E-state index in [1.54, 1.807) is 0 Å². The van der Waals surface area contributed by atoms with Crippen molar-refractivity contribution in [3.05, 3.63) is 107 Å². The van der Waals surface area contributed by atoms with E-state index in [2.05, 4.69) is 47.4 Å². The summed E-state index contributed by atoms with van der Waals surface area (Å²) >= 11 is 6.35. The SMILES string of the molecule is Clc1ccc2c(c1)-c1ncccc1C21c2ccccc2-c2cnccc21. The van der Waals surface area contributed by atoms with E-state index in [0.717, 1.165) is 16.3 Å². The van der Waals surface area contributed by atoms with Crippen LogP contribution in [0.1, 0.15) is 22.3 Å². The van der Waals surface area contributed by atoms with Gasteiger partial charge in [0.25, 0.3) is 0 Å². The maximum Gasteiger partial charge on any atom is 0.0753 e. The number of rotatable bonds is 0. The van der Waals surface area contributed by atoms with Crippen molar-refractivity contribution in [2.24, 2.45) is 0 Å². The molecule has 26 heavy (non-hydrogen) atoms. The fourth-order valence-corrected chi connectivity index (χ4v) is 4.99. The molecule has 2 heterocycles. The lowest BCUT2D eigenvalue weighted by molar-refractivity contribution is 0.790. The van der Waals surface area contributed by atoms with Crippen molar-refractivity contribution in [1.29, 1.82) is 0 Å². The monoisotopic (exact) mass is 352 g/mol. The van der Waals surface area contributed by atoms with Gasteiger partial charge < -0.3 is 0 Å². The molecule has 3 heteroatoms. The van der Waals surface area contributed by atoms with E-state index >= 15 is 0 Å². The number of benzene rings is 2. The van der Waals surface area contributed by atoms with E-state index in [4.69, 9.17) is 16.6 Å². The van der Waals surface area contributed by atoms with Crippen LogP contribution in [0.2, 0.25) is 5.02 Å². The molecular weight excluding hydrogens is 340 g/mol. The van der Waals surface area contributed by atoms with Gasteiger partial charge in [0.1, 0.15) is 0 Å². The highest BCUT2D eigenvalue weighted by Gasteiger charge is 2.52. The standard InChI is InChI=1S/C23H13ClN2/c24-14-7-8-19-16(12-14)22-21(6-3-10-26-22)23(19)18-5-2-1-4-15(18)17-13-25-11-9-20(17)23/h1-13H. The predicted octanol–water partition coefficient (Wildman–Crippen LogP) is 5.47. The average Bonchev–Trinajstić information content (AvgIpc) is 3.15. The second-order valence-electron chi connectivity index (χ2n) is 6.81. The van der Waals surface area contributed by atoms with Crippen LogP contribution in [0.15, 0.2) is 79.3 Å². The molecule has 0 aliphatic heterocycles. The highest BCUT2D eigenvalue weighted by molar-refractivity contribution is 6.31. The fourth-order valence-electron chi connectivity index (χ4n) is 4.81. The molecule has 0 amide bonds. The first kappa shape index (κ1) is 14.2. The minimum atomic E-state index is -0.349. The molecule has 0 N–H and O–H groups in total. The molecule has 1 atom stereocenters. The Balaban J connectivity index is 1.87. The Hall–Kier alpha value is -2.97. The topological polar surface area (TPSA) is 25.8 Å². The molecule has 0 saturated carbocycles. The molecule has 0 saturated heterocycles. The lowest BCUT2D eigenvalue weighted by Crippen LogP contribution is -2.25. The second-order valence-corrected chi connectivity index (χ2v) is 7.24. The van der Waals surface area contributed by atoms with Gasteiger partial charge in [0, 0.05) is 34.7 Å². The first-order valence-corrected chi connectivity index (χ1v) is 9.00. The minimum Gasteiger partial charge on any atom is -0.264 e. The van der Waals surface area contributed by atoms with Crippen molar-refractivity contribution in [2.75, 3.05) is 0 Å². The van der Waals surface area contributed by atoms with Crippen molar-refractivity contribution in [1.82, 2.24) is 9.97 Å². The normalized spacial score (nSPS) is 18.3. The number of nitrogens with zero attached hydrogens (tertiary/aromatic N) is 2. The van der Waals surface area contributed by atoms with Crippen LogP contribution < -0.4 is 0 Å². The number of pyridine rings is 2. The molecule has 2 nitrogen and oxygen atoms in total. The largest absolute Gasteiger partial charge is 0.264 e. The Bertz CT molecular complexity index is 1170. The van der Waals surface area contributed by atoms with E-state index in [1.165, 1.54) is 33.4 Å². The van der Waals surface area contributed by atoms with Crippen molar-refractivity contribution in [3.63, 3.8) is 0 Å². The molecule has 6 rings (SSSR count). The maximum absolute atomic E-state index is 6.35. The van der Waals surface area contributed by atoms with Gasteiger partial charge >= 0.3 is 0 Å². The molecule has 4 aromatic rings. The summed E-state index contributed by atoms with van der Waals surface area (Å²) in [5.74, 6) is 0. The molecular formula is C23H13ClN2. The van der Waals surface area contributed by atoms with E-state index < -0.39 is 0 Å². The lowest BCUT2D eigenvalue weighted by atomic mass is 9.71. The van der Waals surface area contributed by atoms with Gasteiger partial charge in [-0.1, -0.05) is 48.0 Å². The van der Waals surface area contributed by atoms with Crippen LogP contribution in [0.25, 0.3) is 22.4 Å². The second kappa shape index (κ2) is 4.80. The van der Waals surface area contributed by atoms with Gasteiger partial charge in [0.2, 0.25) is 0 Å². The summed E-state index contributed by atoms with van der Waals surface area (Å²) in [6, 6.07) is 21.2. The Labute approximate surface area is 156 Å². The summed E-state index contributed by atoms with van der Waals surface area (Å²) in [6.45, 7) is 0.